The van der Waals surface area contributed by atoms with Crippen molar-refractivity contribution in [3.8, 4) is 0 Å². The maximum atomic E-state index is 2.49. The Labute approximate surface area is 114 Å². The predicted molar refractivity (Wildman–Crippen MR) is 80.0 cm³/mol. The van der Waals surface area contributed by atoms with Crippen LogP contribution in [0.4, 0.5) is 0 Å². The summed E-state index contributed by atoms with van der Waals surface area (Å²) in [6.07, 6.45) is 3.68. The van der Waals surface area contributed by atoms with Crippen molar-refractivity contribution in [3.05, 3.63) is 77.4 Å². The fourth-order valence-corrected chi connectivity index (χ4v) is 4.05. The largest absolute Gasteiger partial charge is 0.0737 e. The lowest BCUT2D eigenvalue weighted by Crippen LogP contribution is -2.37. The van der Waals surface area contributed by atoms with Crippen LogP contribution in [-0.2, 0) is 5.41 Å². The summed E-state index contributed by atoms with van der Waals surface area (Å²) in [6, 6.07) is 19.9. The normalized spacial score (nSPS) is 26.1. The molecular weight excluding hydrogens is 228 g/mol. The van der Waals surface area contributed by atoms with Crippen molar-refractivity contribution < 1.29 is 0 Å². The zero-order valence-corrected chi connectivity index (χ0v) is 11.5. The van der Waals surface area contributed by atoms with Crippen LogP contribution in [0, 0.1) is 5.41 Å². The van der Waals surface area contributed by atoms with Crippen molar-refractivity contribution in [1.82, 2.24) is 0 Å². The molecule has 0 radical (unpaired) electrons. The second-order valence-corrected chi connectivity index (χ2v) is 6.54. The molecule has 0 heterocycles. The van der Waals surface area contributed by atoms with E-state index in [0.717, 1.165) is 0 Å². The van der Waals surface area contributed by atoms with E-state index in [-0.39, 0.29) is 10.8 Å². The molecule has 19 heavy (non-hydrogen) atoms. The van der Waals surface area contributed by atoms with E-state index in [9.17, 15) is 0 Å². The summed E-state index contributed by atoms with van der Waals surface area (Å²) in [5.41, 5.74) is 6.39. The molecule has 0 bridgehead atoms. The number of fused-ring (bicyclic) bond motifs is 4. The van der Waals surface area contributed by atoms with Gasteiger partial charge in [0.2, 0.25) is 0 Å². The van der Waals surface area contributed by atoms with E-state index in [4.69, 9.17) is 0 Å². The van der Waals surface area contributed by atoms with Crippen molar-refractivity contribution in [3.63, 3.8) is 0 Å². The van der Waals surface area contributed by atoms with Crippen LogP contribution in [0.2, 0.25) is 0 Å². The molecule has 0 aliphatic heterocycles. The molecule has 0 fully saturated rings. The first-order valence-electron chi connectivity index (χ1n) is 7.02. The molecule has 0 amide bonds. The van der Waals surface area contributed by atoms with Crippen LogP contribution >= 0.6 is 0 Å². The predicted octanol–water partition coefficient (Wildman–Crippen LogP) is 4.80. The Morgan fingerprint density at radius 3 is 2.32 bits per heavy atom. The summed E-state index contributed by atoms with van der Waals surface area (Å²) >= 11 is 0. The summed E-state index contributed by atoms with van der Waals surface area (Å²) in [5, 5.41) is 0. The molecule has 2 aromatic carbocycles. The molecule has 0 heteroatoms. The molecule has 0 aromatic heterocycles. The van der Waals surface area contributed by atoms with Crippen LogP contribution in [0.3, 0.4) is 0 Å². The SMILES string of the molecule is CC1(C)C=C2c3ccccc3C2(c2ccccc2)C1. The molecule has 2 aliphatic carbocycles. The molecule has 0 nitrogen and oxygen atoms in total. The number of hydrogen-bond donors (Lipinski definition) is 0. The molecule has 2 aliphatic rings. The Balaban J connectivity index is 1.99. The second-order valence-electron chi connectivity index (χ2n) is 6.54. The minimum Gasteiger partial charge on any atom is -0.0737 e. The third-order valence-corrected chi connectivity index (χ3v) is 4.66. The van der Waals surface area contributed by atoms with Crippen molar-refractivity contribution in [1.29, 1.82) is 0 Å². The standard InChI is InChI=1S/C19H18/c1-18(2)12-17-15-10-6-7-11-16(15)19(17,13-18)14-8-4-3-5-9-14/h3-12H,13H2,1-2H3. The third kappa shape index (κ3) is 1.29. The topological polar surface area (TPSA) is 0 Å². The molecule has 0 saturated carbocycles. The molecule has 94 valence electrons. The van der Waals surface area contributed by atoms with Gasteiger partial charge in [0.25, 0.3) is 0 Å². The lowest BCUT2D eigenvalue weighted by atomic mass is 9.57. The summed E-state index contributed by atoms with van der Waals surface area (Å²) < 4.78 is 0. The van der Waals surface area contributed by atoms with Gasteiger partial charge in [-0.25, -0.2) is 0 Å². The van der Waals surface area contributed by atoms with Crippen LogP contribution in [0.15, 0.2) is 60.7 Å². The quantitative estimate of drug-likeness (QED) is 0.678. The van der Waals surface area contributed by atoms with E-state index in [1.807, 2.05) is 0 Å². The Kier molecular flexibility index (Phi) is 1.97. The van der Waals surface area contributed by atoms with E-state index in [0.29, 0.717) is 0 Å². The summed E-state index contributed by atoms with van der Waals surface area (Å²) in [6.45, 7) is 4.70. The fraction of sp³-hybridized carbons (Fsp3) is 0.263. The van der Waals surface area contributed by atoms with Crippen molar-refractivity contribution in [2.45, 2.75) is 25.7 Å². The van der Waals surface area contributed by atoms with E-state index in [1.54, 1.807) is 5.57 Å². The molecule has 2 aromatic rings. The van der Waals surface area contributed by atoms with Gasteiger partial charge < -0.3 is 0 Å². The zero-order valence-electron chi connectivity index (χ0n) is 11.5. The van der Waals surface area contributed by atoms with E-state index < -0.39 is 0 Å². The first-order chi connectivity index (χ1) is 9.13. The van der Waals surface area contributed by atoms with Crippen LogP contribution in [0.1, 0.15) is 37.0 Å². The minimum atomic E-state index is 0.154. The first-order valence-corrected chi connectivity index (χ1v) is 7.02. The summed E-state index contributed by atoms with van der Waals surface area (Å²) in [4.78, 5) is 0. The highest BCUT2D eigenvalue weighted by molar-refractivity contribution is 5.93. The molecule has 1 atom stereocenters. The number of allylic oxidation sites excluding steroid dienone is 2. The Bertz CT molecular complexity index is 676. The molecule has 1 unspecified atom stereocenters. The van der Waals surface area contributed by atoms with Gasteiger partial charge in [-0.2, -0.15) is 0 Å². The molecule has 4 rings (SSSR count). The number of rotatable bonds is 1. The van der Waals surface area contributed by atoms with Gasteiger partial charge in [-0.1, -0.05) is 74.5 Å². The zero-order chi connectivity index (χ0) is 13.1. The Hall–Kier alpha value is -1.82. The van der Waals surface area contributed by atoms with Gasteiger partial charge in [0.15, 0.2) is 0 Å². The van der Waals surface area contributed by atoms with Crippen LogP contribution < -0.4 is 0 Å². The van der Waals surface area contributed by atoms with Crippen LogP contribution in [-0.4, -0.2) is 0 Å². The fourth-order valence-electron chi connectivity index (χ4n) is 4.05. The van der Waals surface area contributed by atoms with Gasteiger partial charge in [0.1, 0.15) is 0 Å². The second kappa shape index (κ2) is 3.39. The highest BCUT2D eigenvalue weighted by Gasteiger charge is 2.54. The highest BCUT2D eigenvalue weighted by Crippen LogP contribution is 2.64. The van der Waals surface area contributed by atoms with E-state index in [1.165, 1.54) is 23.1 Å². The smallest absolute Gasteiger partial charge is 0.0468 e. The van der Waals surface area contributed by atoms with Crippen LogP contribution in [0.25, 0.3) is 5.57 Å². The van der Waals surface area contributed by atoms with E-state index >= 15 is 0 Å². The Morgan fingerprint density at radius 2 is 1.53 bits per heavy atom. The molecule has 0 N–H and O–H groups in total. The van der Waals surface area contributed by atoms with Gasteiger partial charge in [-0.15, -0.1) is 0 Å². The van der Waals surface area contributed by atoms with E-state index in [2.05, 4.69) is 74.5 Å². The lowest BCUT2D eigenvalue weighted by Gasteiger charge is -2.45. The molecular formula is C19H18. The van der Waals surface area contributed by atoms with Crippen molar-refractivity contribution in [2.24, 2.45) is 5.41 Å². The van der Waals surface area contributed by atoms with Gasteiger partial charge in [0, 0.05) is 5.41 Å². The van der Waals surface area contributed by atoms with Crippen molar-refractivity contribution >= 4 is 5.57 Å². The Morgan fingerprint density at radius 1 is 0.842 bits per heavy atom. The first kappa shape index (κ1) is 11.0. The van der Waals surface area contributed by atoms with Gasteiger partial charge in [0.05, 0.1) is 0 Å². The number of hydrogen-bond acceptors (Lipinski definition) is 0. The van der Waals surface area contributed by atoms with Gasteiger partial charge in [-0.3, -0.25) is 0 Å². The molecule has 0 saturated heterocycles. The van der Waals surface area contributed by atoms with Crippen LogP contribution in [0.5, 0.6) is 0 Å². The molecule has 0 spiro atoms. The average Bonchev–Trinajstić information content (AvgIpc) is 2.68. The van der Waals surface area contributed by atoms with Gasteiger partial charge in [-0.05, 0) is 34.1 Å². The number of benzene rings is 2. The monoisotopic (exact) mass is 246 g/mol. The average molecular weight is 246 g/mol. The highest BCUT2D eigenvalue weighted by atomic mass is 14.6. The maximum absolute atomic E-state index is 2.49. The van der Waals surface area contributed by atoms with Crippen molar-refractivity contribution in [2.75, 3.05) is 0 Å². The summed E-state index contributed by atoms with van der Waals surface area (Å²) in [5.74, 6) is 0. The summed E-state index contributed by atoms with van der Waals surface area (Å²) in [7, 11) is 0. The maximum Gasteiger partial charge on any atom is 0.0468 e. The minimum absolute atomic E-state index is 0.154. The third-order valence-electron chi connectivity index (χ3n) is 4.66. The van der Waals surface area contributed by atoms with Gasteiger partial charge >= 0.3 is 0 Å². The lowest BCUT2D eigenvalue weighted by molar-refractivity contribution is 0.398.